The number of hydrogen-bond acceptors (Lipinski definition) is 5. The van der Waals surface area contributed by atoms with Crippen LogP contribution >= 0.6 is 0 Å². The molecule has 0 fully saturated rings. The van der Waals surface area contributed by atoms with E-state index in [9.17, 15) is 9.90 Å². The molecular formula is C20H20N4O3. The smallest absolute Gasteiger partial charge is 0.289 e. The molecular weight excluding hydrogens is 344 g/mol. The number of nitrogens with one attached hydrogen (secondary N) is 2. The lowest BCUT2D eigenvalue weighted by molar-refractivity contribution is 0.0950. The first-order valence-corrected chi connectivity index (χ1v) is 8.57. The highest BCUT2D eigenvalue weighted by Gasteiger charge is 2.10. The van der Waals surface area contributed by atoms with E-state index in [0.717, 1.165) is 23.3 Å². The summed E-state index contributed by atoms with van der Waals surface area (Å²) in [4.78, 5) is 12.1. The summed E-state index contributed by atoms with van der Waals surface area (Å²) in [6.07, 6.45) is 2.44. The number of carbonyl (C=O) groups is 1. The maximum Gasteiger partial charge on any atom is 0.289 e. The number of phenols is 1. The summed E-state index contributed by atoms with van der Waals surface area (Å²) in [7, 11) is 0. The number of hydrazone groups is 1. The van der Waals surface area contributed by atoms with E-state index < -0.39 is 5.91 Å². The molecule has 27 heavy (non-hydrogen) atoms. The van der Waals surface area contributed by atoms with Crippen LogP contribution in [0.15, 0.2) is 59.7 Å². The highest BCUT2D eigenvalue weighted by Crippen LogP contribution is 2.21. The van der Waals surface area contributed by atoms with Crippen LogP contribution in [0.5, 0.6) is 11.5 Å². The normalized spacial score (nSPS) is 10.9. The van der Waals surface area contributed by atoms with Gasteiger partial charge in [-0.25, -0.2) is 5.43 Å². The number of H-pyrrole nitrogens is 1. The van der Waals surface area contributed by atoms with E-state index in [-0.39, 0.29) is 5.75 Å². The van der Waals surface area contributed by atoms with Crippen LogP contribution < -0.4 is 10.2 Å². The van der Waals surface area contributed by atoms with Crippen LogP contribution in [0, 0.1) is 0 Å². The first kappa shape index (κ1) is 18.2. The van der Waals surface area contributed by atoms with Gasteiger partial charge in [0.05, 0.1) is 18.5 Å². The maximum atomic E-state index is 12.1. The molecule has 0 saturated heterocycles. The van der Waals surface area contributed by atoms with Crippen LogP contribution in [0.4, 0.5) is 0 Å². The van der Waals surface area contributed by atoms with Crippen LogP contribution in [0.25, 0.3) is 11.3 Å². The molecule has 3 aromatic rings. The molecule has 0 unspecified atom stereocenters. The van der Waals surface area contributed by atoms with Crippen LogP contribution in [-0.4, -0.2) is 34.0 Å². The fraction of sp³-hybridized carbons (Fsp3) is 0.150. The molecule has 0 radical (unpaired) electrons. The Morgan fingerprint density at radius 2 is 1.96 bits per heavy atom. The summed E-state index contributed by atoms with van der Waals surface area (Å²) >= 11 is 0. The van der Waals surface area contributed by atoms with Crippen LogP contribution in [-0.2, 0) is 0 Å². The van der Waals surface area contributed by atoms with Crippen molar-refractivity contribution in [3.63, 3.8) is 0 Å². The number of amides is 1. The first-order chi connectivity index (χ1) is 13.2. The third kappa shape index (κ3) is 4.94. The molecule has 0 aliphatic heterocycles. The summed E-state index contributed by atoms with van der Waals surface area (Å²) in [6.45, 7) is 2.73. The molecule has 0 aliphatic rings. The Bertz CT molecular complexity index is 915. The summed E-state index contributed by atoms with van der Waals surface area (Å²) < 4.78 is 5.55. The van der Waals surface area contributed by atoms with Crippen molar-refractivity contribution in [2.45, 2.75) is 13.3 Å². The van der Waals surface area contributed by atoms with Crippen molar-refractivity contribution in [1.82, 2.24) is 15.6 Å². The van der Waals surface area contributed by atoms with Crippen molar-refractivity contribution in [2.24, 2.45) is 5.10 Å². The monoisotopic (exact) mass is 364 g/mol. The molecule has 0 bridgehead atoms. The Balaban J connectivity index is 1.61. The SMILES string of the molecule is CCCOc1ccc(-c2cc(C(=O)N/N=C\c3ccc(O)cc3)[nH]n2)cc1. The lowest BCUT2D eigenvalue weighted by Crippen LogP contribution is -2.17. The van der Waals surface area contributed by atoms with Gasteiger partial charge in [0.1, 0.15) is 17.2 Å². The van der Waals surface area contributed by atoms with Gasteiger partial charge in [0.15, 0.2) is 0 Å². The maximum absolute atomic E-state index is 12.1. The molecule has 7 nitrogen and oxygen atoms in total. The molecule has 0 spiro atoms. The van der Waals surface area contributed by atoms with E-state index >= 15 is 0 Å². The highest BCUT2D eigenvalue weighted by atomic mass is 16.5. The minimum absolute atomic E-state index is 0.172. The molecule has 3 N–H and O–H groups in total. The van der Waals surface area contributed by atoms with Gasteiger partial charge in [-0.2, -0.15) is 10.2 Å². The molecule has 2 aromatic carbocycles. The minimum Gasteiger partial charge on any atom is -0.508 e. The molecule has 1 heterocycles. The van der Waals surface area contributed by atoms with E-state index in [0.29, 0.717) is 18.0 Å². The topological polar surface area (TPSA) is 99.6 Å². The number of ether oxygens (including phenoxy) is 1. The Hall–Kier alpha value is -3.61. The van der Waals surface area contributed by atoms with Gasteiger partial charge in [-0.15, -0.1) is 0 Å². The third-order valence-electron chi connectivity index (χ3n) is 3.72. The van der Waals surface area contributed by atoms with Crippen LogP contribution in [0.3, 0.4) is 0 Å². The van der Waals surface area contributed by atoms with Gasteiger partial charge < -0.3 is 9.84 Å². The number of benzene rings is 2. The number of carbonyl (C=O) groups excluding carboxylic acids is 1. The Kier molecular flexibility index (Phi) is 5.84. The van der Waals surface area contributed by atoms with Gasteiger partial charge in [0.25, 0.3) is 5.91 Å². The molecule has 0 saturated carbocycles. The zero-order valence-corrected chi connectivity index (χ0v) is 14.8. The van der Waals surface area contributed by atoms with Crippen molar-refractivity contribution in [3.8, 4) is 22.8 Å². The summed E-state index contributed by atoms with van der Waals surface area (Å²) in [5, 5.41) is 20.0. The van der Waals surface area contributed by atoms with Crippen molar-refractivity contribution < 1.29 is 14.6 Å². The summed E-state index contributed by atoms with van der Waals surface area (Å²) in [5.41, 5.74) is 5.03. The van der Waals surface area contributed by atoms with E-state index in [1.807, 2.05) is 24.3 Å². The molecule has 0 aliphatic carbocycles. The van der Waals surface area contributed by atoms with Gasteiger partial charge in [0.2, 0.25) is 0 Å². The minimum atomic E-state index is -0.397. The number of rotatable bonds is 7. The molecule has 7 heteroatoms. The molecule has 3 rings (SSSR count). The lowest BCUT2D eigenvalue weighted by Gasteiger charge is -2.04. The second kappa shape index (κ2) is 8.66. The zero-order chi connectivity index (χ0) is 19.1. The molecule has 138 valence electrons. The predicted octanol–water partition coefficient (Wildman–Crippen LogP) is 3.34. The van der Waals surface area contributed by atoms with E-state index in [2.05, 4.69) is 27.6 Å². The average Bonchev–Trinajstić information content (AvgIpc) is 3.18. The largest absolute Gasteiger partial charge is 0.508 e. The standard InChI is InChI=1S/C20H20N4O3/c1-2-11-27-17-9-5-15(6-10-17)18-12-19(23-22-18)20(26)24-21-13-14-3-7-16(25)8-4-14/h3-10,12-13,25H,2,11H2,1H3,(H,22,23)(H,24,26)/b21-13-. The van der Waals surface area contributed by atoms with Crippen molar-refractivity contribution >= 4 is 12.1 Å². The predicted molar refractivity (Wildman–Crippen MR) is 103 cm³/mol. The van der Waals surface area contributed by atoms with E-state index in [1.165, 1.54) is 6.21 Å². The summed E-state index contributed by atoms with van der Waals surface area (Å²) in [6, 6.07) is 15.7. The highest BCUT2D eigenvalue weighted by molar-refractivity contribution is 5.94. The van der Waals surface area contributed by atoms with Crippen LogP contribution in [0.1, 0.15) is 29.4 Å². The Morgan fingerprint density at radius 3 is 2.67 bits per heavy atom. The van der Waals surface area contributed by atoms with Crippen molar-refractivity contribution in [3.05, 3.63) is 65.9 Å². The number of phenolic OH excluding ortho intramolecular Hbond substituents is 1. The Labute approximate surface area is 156 Å². The number of aromatic amines is 1. The average molecular weight is 364 g/mol. The lowest BCUT2D eigenvalue weighted by atomic mass is 10.1. The number of nitrogens with zero attached hydrogens (tertiary/aromatic N) is 2. The fourth-order valence-electron chi connectivity index (χ4n) is 2.31. The van der Waals surface area contributed by atoms with Gasteiger partial charge >= 0.3 is 0 Å². The number of aromatic nitrogens is 2. The number of hydrogen-bond donors (Lipinski definition) is 3. The second-order valence-electron chi connectivity index (χ2n) is 5.83. The molecule has 1 amide bonds. The first-order valence-electron chi connectivity index (χ1n) is 8.57. The second-order valence-corrected chi connectivity index (χ2v) is 5.83. The Morgan fingerprint density at radius 1 is 1.22 bits per heavy atom. The van der Waals surface area contributed by atoms with Gasteiger partial charge in [-0.3, -0.25) is 9.89 Å². The van der Waals surface area contributed by atoms with Crippen molar-refractivity contribution in [2.75, 3.05) is 6.61 Å². The van der Waals surface area contributed by atoms with Crippen LogP contribution in [0.2, 0.25) is 0 Å². The van der Waals surface area contributed by atoms with Gasteiger partial charge in [-0.1, -0.05) is 6.92 Å². The quantitative estimate of drug-likeness (QED) is 0.442. The molecule has 0 atom stereocenters. The fourth-order valence-corrected chi connectivity index (χ4v) is 2.31. The van der Waals surface area contributed by atoms with Crippen molar-refractivity contribution in [1.29, 1.82) is 0 Å². The van der Waals surface area contributed by atoms with Gasteiger partial charge in [-0.05, 0) is 66.6 Å². The zero-order valence-electron chi connectivity index (χ0n) is 14.8. The van der Waals surface area contributed by atoms with E-state index in [1.54, 1.807) is 30.3 Å². The van der Waals surface area contributed by atoms with Gasteiger partial charge in [0, 0.05) is 5.56 Å². The van der Waals surface area contributed by atoms with E-state index in [4.69, 9.17) is 4.74 Å². The summed E-state index contributed by atoms with van der Waals surface area (Å²) in [5.74, 6) is 0.579. The number of aromatic hydroxyl groups is 1. The third-order valence-corrected chi connectivity index (χ3v) is 3.72. The molecule has 1 aromatic heterocycles.